The van der Waals surface area contributed by atoms with Gasteiger partial charge in [-0.1, -0.05) is 12.1 Å². The van der Waals surface area contributed by atoms with Crippen LogP contribution in [0.4, 0.5) is 0 Å². The molecule has 0 radical (unpaired) electrons. The minimum absolute atomic E-state index is 0.0401. The number of rotatable bonds is 5. The number of carboxylic acids is 1. The van der Waals surface area contributed by atoms with Crippen LogP contribution in [0.1, 0.15) is 17.9 Å². The SMILES string of the molecule is O=C(O)[C@H]1NCCC1c1ccc(OCC2CO2)cc1. The topological polar surface area (TPSA) is 71.1 Å². The summed E-state index contributed by atoms with van der Waals surface area (Å²) < 4.78 is 10.6. The lowest BCUT2D eigenvalue weighted by Gasteiger charge is -2.16. The maximum atomic E-state index is 11.1. The first-order valence-corrected chi connectivity index (χ1v) is 6.54. The maximum absolute atomic E-state index is 11.1. The predicted molar refractivity (Wildman–Crippen MR) is 68.5 cm³/mol. The van der Waals surface area contributed by atoms with Gasteiger partial charge in [0.25, 0.3) is 0 Å². The number of carbonyl (C=O) groups is 1. The second-order valence-electron chi connectivity index (χ2n) is 5.00. The van der Waals surface area contributed by atoms with Gasteiger partial charge in [0.2, 0.25) is 0 Å². The van der Waals surface area contributed by atoms with Crippen molar-refractivity contribution in [1.29, 1.82) is 0 Å². The Morgan fingerprint density at radius 2 is 2.16 bits per heavy atom. The minimum atomic E-state index is -0.784. The van der Waals surface area contributed by atoms with E-state index >= 15 is 0 Å². The highest BCUT2D eigenvalue weighted by Crippen LogP contribution is 2.29. The lowest BCUT2D eigenvalue weighted by atomic mass is 9.92. The third kappa shape index (κ3) is 2.88. The van der Waals surface area contributed by atoms with Crippen molar-refractivity contribution in [1.82, 2.24) is 5.32 Å². The van der Waals surface area contributed by atoms with Crippen LogP contribution in [0.5, 0.6) is 5.75 Å². The van der Waals surface area contributed by atoms with Crippen LogP contribution >= 0.6 is 0 Å². The van der Waals surface area contributed by atoms with Crippen molar-refractivity contribution in [2.75, 3.05) is 19.8 Å². The Hall–Kier alpha value is -1.59. The first kappa shape index (κ1) is 12.4. The summed E-state index contributed by atoms with van der Waals surface area (Å²) in [6, 6.07) is 7.23. The molecule has 102 valence electrons. The average Bonchev–Trinajstić information content (AvgIpc) is 3.11. The third-order valence-electron chi connectivity index (χ3n) is 3.63. The summed E-state index contributed by atoms with van der Waals surface area (Å²) in [5.74, 6) is 0.0594. The number of nitrogens with one attached hydrogen (secondary N) is 1. The van der Waals surface area contributed by atoms with Crippen LogP contribution in [0.3, 0.4) is 0 Å². The monoisotopic (exact) mass is 263 g/mol. The normalized spacial score (nSPS) is 29.2. The van der Waals surface area contributed by atoms with Gasteiger partial charge in [-0.15, -0.1) is 0 Å². The summed E-state index contributed by atoms with van der Waals surface area (Å²) >= 11 is 0. The molecular formula is C14H17NO4. The van der Waals surface area contributed by atoms with E-state index < -0.39 is 12.0 Å². The van der Waals surface area contributed by atoms with Gasteiger partial charge in [0.1, 0.15) is 24.5 Å². The van der Waals surface area contributed by atoms with Crippen molar-refractivity contribution in [3.8, 4) is 5.75 Å². The molecule has 0 amide bonds. The molecule has 2 saturated heterocycles. The number of ether oxygens (including phenoxy) is 2. The zero-order chi connectivity index (χ0) is 13.2. The van der Waals surface area contributed by atoms with Crippen molar-refractivity contribution < 1.29 is 19.4 Å². The molecule has 2 N–H and O–H groups in total. The Morgan fingerprint density at radius 1 is 1.42 bits per heavy atom. The largest absolute Gasteiger partial charge is 0.491 e. The molecule has 2 heterocycles. The Labute approximate surface area is 111 Å². The molecule has 5 heteroatoms. The van der Waals surface area contributed by atoms with Crippen LogP contribution in [0.25, 0.3) is 0 Å². The molecule has 0 aromatic heterocycles. The highest BCUT2D eigenvalue weighted by molar-refractivity contribution is 5.75. The Balaban J connectivity index is 1.65. The van der Waals surface area contributed by atoms with E-state index in [2.05, 4.69) is 5.32 Å². The zero-order valence-electron chi connectivity index (χ0n) is 10.5. The summed E-state index contributed by atoms with van der Waals surface area (Å²) in [6.45, 7) is 2.12. The molecule has 0 spiro atoms. The van der Waals surface area contributed by atoms with Gasteiger partial charge in [-0.05, 0) is 30.7 Å². The van der Waals surface area contributed by atoms with Crippen molar-refractivity contribution in [3.63, 3.8) is 0 Å². The molecule has 2 aliphatic rings. The van der Waals surface area contributed by atoms with E-state index in [1.165, 1.54) is 0 Å². The van der Waals surface area contributed by atoms with Crippen LogP contribution in [-0.4, -0.2) is 43.0 Å². The Morgan fingerprint density at radius 3 is 2.79 bits per heavy atom. The second kappa shape index (κ2) is 5.19. The second-order valence-corrected chi connectivity index (χ2v) is 5.00. The summed E-state index contributed by atoms with van der Waals surface area (Å²) in [4.78, 5) is 11.1. The van der Waals surface area contributed by atoms with Crippen LogP contribution in [-0.2, 0) is 9.53 Å². The first-order chi connectivity index (χ1) is 9.24. The molecule has 2 unspecified atom stereocenters. The van der Waals surface area contributed by atoms with Gasteiger partial charge < -0.3 is 19.9 Å². The minimum Gasteiger partial charge on any atom is -0.491 e. The number of benzene rings is 1. The van der Waals surface area contributed by atoms with E-state index in [1.54, 1.807) is 0 Å². The van der Waals surface area contributed by atoms with Crippen LogP contribution < -0.4 is 10.1 Å². The Kier molecular flexibility index (Phi) is 3.40. The van der Waals surface area contributed by atoms with Gasteiger partial charge in [-0.2, -0.15) is 0 Å². The molecule has 0 aliphatic carbocycles. The molecule has 0 bridgehead atoms. The van der Waals surface area contributed by atoms with Gasteiger partial charge in [-0.3, -0.25) is 4.79 Å². The average molecular weight is 263 g/mol. The quantitative estimate of drug-likeness (QED) is 0.775. The smallest absolute Gasteiger partial charge is 0.321 e. The van der Waals surface area contributed by atoms with Crippen LogP contribution in [0.15, 0.2) is 24.3 Å². The van der Waals surface area contributed by atoms with Crippen molar-refractivity contribution in [3.05, 3.63) is 29.8 Å². The van der Waals surface area contributed by atoms with Gasteiger partial charge >= 0.3 is 5.97 Å². The van der Waals surface area contributed by atoms with E-state index in [0.29, 0.717) is 6.61 Å². The van der Waals surface area contributed by atoms with E-state index in [4.69, 9.17) is 14.6 Å². The van der Waals surface area contributed by atoms with Gasteiger partial charge in [0, 0.05) is 5.92 Å². The predicted octanol–water partition coefficient (Wildman–Crippen LogP) is 0.994. The van der Waals surface area contributed by atoms with Crippen LogP contribution in [0.2, 0.25) is 0 Å². The molecule has 1 aromatic rings. The summed E-state index contributed by atoms with van der Waals surface area (Å²) in [5, 5.41) is 12.2. The fraction of sp³-hybridized carbons (Fsp3) is 0.500. The van der Waals surface area contributed by atoms with Gasteiger partial charge in [-0.25, -0.2) is 0 Å². The highest BCUT2D eigenvalue weighted by atomic mass is 16.6. The standard InChI is InChI=1S/C14H17NO4/c16-14(17)13-12(5-6-15-13)9-1-3-10(4-2-9)18-7-11-8-19-11/h1-4,11-13,15H,5-8H2,(H,16,17)/t11?,12?,13-/m0/s1. The molecule has 3 rings (SSSR count). The molecular weight excluding hydrogens is 246 g/mol. The van der Waals surface area contributed by atoms with Crippen molar-refractivity contribution in [2.24, 2.45) is 0 Å². The molecule has 19 heavy (non-hydrogen) atoms. The fourth-order valence-electron chi connectivity index (χ4n) is 2.49. The summed E-state index contributed by atoms with van der Waals surface area (Å²) in [5.41, 5.74) is 1.05. The first-order valence-electron chi connectivity index (χ1n) is 6.54. The van der Waals surface area contributed by atoms with E-state index in [-0.39, 0.29) is 12.0 Å². The Bertz CT molecular complexity index is 455. The number of aliphatic carboxylic acids is 1. The molecule has 5 nitrogen and oxygen atoms in total. The lowest BCUT2D eigenvalue weighted by Crippen LogP contribution is -2.34. The number of hydrogen-bond donors (Lipinski definition) is 2. The molecule has 3 atom stereocenters. The highest BCUT2D eigenvalue weighted by Gasteiger charge is 2.33. The number of epoxide rings is 1. The van der Waals surface area contributed by atoms with E-state index in [0.717, 1.165) is 30.9 Å². The zero-order valence-corrected chi connectivity index (χ0v) is 10.5. The molecule has 1 aromatic carbocycles. The van der Waals surface area contributed by atoms with Gasteiger partial charge in [0.05, 0.1) is 6.61 Å². The molecule has 0 saturated carbocycles. The number of hydrogen-bond acceptors (Lipinski definition) is 4. The number of carboxylic acid groups (broad SMARTS) is 1. The van der Waals surface area contributed by atoms with Crippen LogP contribution in [0, 0.1) is 0 Å². The van der Waals surface area contributed by atoms with E-state index in [9.17, 15) is 4.79 Å². The fourth-order valence-corrected chi connectivity index (χ4v) is 2.49. The maximum Gasteiger partial charge on any atom is 0.321 e. The van der Waals surface area contributed by atoms with Crippen molar-refractivity contribution >= 4 is 5.97 Å². The molecule has 2 aliphatic heterocycles. The van der Waals surface area contributed by atoms with Gasteiger partial charge in [0.15, 0.2) is 0 Å². The van der Waals surface area contributed by atoms with E-state index in [1.807, 2.05) is 24.3 Å². The van der Waals surface area contributed by atoms with Crippen molar-refractivity contribution in [2.45, 2.75) is 24.5 Å². The summed E-state index contributed by atoms with van der Waals surface area (Å²) in [6.07, 6.45) is 1.10. The third-order valence-corrected chi connectivity index (χ3v) is 3.63. The lowest BCUT2D eigenvalue weighted by molar-refractivity contribution is -0.139. The summed E-state index contributed by atoms with van der Waals surface area (Å²) in [7, 11) is 0. The molecule has 2 fully saturated rings.